The molecule has 0 bridgehead atoms. The fourth-order valence-corrected chi connectivity index (χ4v) is 3.25. The van der Waals surface area contributed by atoms with Gasteiger partial charge in [0, 0.05) is 6.00 Å². The number of hydrogen-bond acceptors (Lipinski definition) is 2. The van der Waals surface area contributed by atoms with Crippen molar-refractivity contribution in [3.63, 3.8) is 0 Å². The molecule has 0 aliphatic carbocycles. The second-order valence-corrected chi connectivity index (χ2v) is 6.54. The zero-order chi connectivity index (χ0) is 15.0. The van der Waals surface area contributed by atoms with Crippen molar-refractivity contribution in [2.75, 3.05) is 6.61 Å². The van der Waals surface area contributed by atoms with Crippen molar-refractivity contribution in [2.24, 2.45) is 11.8 Å². The van der Waals surface area contributed by atoms with Crippen LogP contribution in [0.5, 0.6) is 0 Å². The summed E-state index contributed by atoms with van der Waals surface area (Å²) in [6.07, 6.45) is 9.28. The van der Waals surface area contributed by atoms with E-state index in [1.165, 1.54) is 38.5 Å². The Hall–Kier alpha value is -0.0151. The van der Waals surface area contributed by atoms with Crippen LogP contribution in [0.3, 0.4) is 0 Å². The first-order valence-electron chi connectivity index (χ1n) is 8.61. The van der Waals surface area contributed by atoms with E-state index in [4.69, 9.17) is 17.3 Å². The maximum atomic E-state index is 6.04. The maximum absolute atomic E-state index is 6.04. The molecule has 2 radical (unpaired) electrons. The quantitative estimate of drug-likeness (QED) is 0.555. The molecule has 0 N–H and O–H groups in total. The predicted molar refractivity (Wildman–Crippen MR) is 86.2 cm³/mol. The van der Waals surface area contributed by atoms with Gasteiger partial charge in [-0.1, -0.05) is 52.4 Å². The van der Waals surface area contributed by atoms with Gasteiger partial charge in [0.1, 0.15) is 7.85 Å². The monoisotopic (exact) mass is 280 g/mol. The van der Waals surface area contributed by atoms with Crippen LogP contribution in [0.4, 0.5) is 0 Å². The van der Waals surface area contributed by atoms with Crippen LogP contribution >= 0.6 is 0 Å². The largest absolute Gasteiger partial charge is 0.382 e. The lowest BCUT2D eigenvalue weighted by Gasteiger charge is -2.28. The molecule has 20 heavy (non-hydrogen) atoms. The molecule has 0 amide bonds. The smallest absolute Gasteiger partial charge is 0.109 e. The van der Waals surface area contributed by atoms with Gasteiger partial charge in [-0.2, -0.15) is 0 Å². The Bertz CT molecular complexity index is 237. The molecule has 0 saturated carbocycles. The molecule has 3 heteroatoms. The molecule has 1 rings (SSSR count). The van der Waals surface area contributed by atoms with E-state index in [0.29, 0.717) is 12.5 Å². The summed E-state index contributed by atoms with van der Waals surface area (Å²) in [7, 11) is 6.04. The zero-order valence-corrected chi connectivity index (χ0v) is 13.9. The summed E-state index contributed by atoms with van der Waals surface area (Å²) in [5.74, 6) is 1.34. The normalized spacial score (nSPS) is 26.8. The topological polar surface area (TPSA) is 18.5 Å². The fourth-order valence-electron chi connectivity index (χ4n) is 3.25. The van der Waals surface area contributed by atoms with E-state index in [9.17, 15) is 0 Å². The van der Waals surface area contributed by atoms with Crippen LogP contribution < -0.4 is 0 Å². The van der Waals surface area contributed by atoms with E-state index < -0.39 is 0 Å². The van der Waals surface area contributed by atoms with Crippen LogP contribution in [0.1, 0.15) is 72.6 Å². The van der Waals surface area contributed by atoms with Gasteiger partial charge in [-0.15, -0.1) is 0 Å². The van der Waals surface area contributed by atoms with Crippen molar-refractivity contribution in [3.05, 3.63) is 0 Å². The summed E-state index contributed by atoms with van der Waals surface area (Å²) in [4.78, 5) is 0. The fraction of sp³-hybridized carbons (Fsp3) is 1.00. The molecule has 1 heterocycles. The van der Waals surface area contributed by atoms with Crippen molar-refractivity contribution in [2.45, 2.75) is 90.9 Å². The highest BCUT2D eigenvalue weighted by molar-refractivity contribution is 6.11. The van der Waals surface area contributed by atoms with Crippen molar-refractivity contribution in [3.8, 4) is 0 Å². The minimum Gasteiger partial charge on any atom is -0.382 e. The van der Waals surface area contributed by atoms with Gasteiger partial charge in [-0.05, 0) is 32.1 Å². The van der Waals surface area contributed by atoms with Gasteiger partial charge in [0.25, 0.3) is 0 Å². The SMILES string of the molecule is [B]C1C[C@@H](C(CCCC)CCCC)C(COC(C)C)O1. The summed E-state index contributed by atoms with van der Waals surface area (Å²) in [6, 6.07) is -0.0912. The third-order valence-corrected chi connectivity index (χ3v) is 4.39. The lowest BCUT2D eigenvalue weighted by molar-refractivity contribution is -0.0361. The molecule has 1 aliphatic rings. The second kappa shape index (κ2) is 9.84. The minimum absolute atomic E-state index is 0.0912. The van der Waals surface area contributed by atoms with E-state index in [2.05, 4.69) is 27.7 Å². The van der Waals surface area contributed by atoms with Crippen LogP contribution in [0.25, 0.3) is 0 Å². The second-order valence-electron chi connectivity index (χ2n) is 6.54. The summed E-state index contributed by atoms with van der Waals surface area (Å²) < 4.78 is 11.7. The third kappa shape index (κ3) is 6.18. The van der Waals surface area contributed by atoms with Gasteiger partial charge in [0.15, 0.2) is 0 Å². The highest BCUT2D eigenvalue weighted by Crippen LogP contribution is 2.37. The summed E-state index contributed by atoms with van der Waals surface area (Å²) in [5, 5.41) is 0. The van der Waals surface area contributed by atoms with E-state index in [0.717, 1.165) is 12.3 Å². The Morgan fingerprint density at radius 2 is 1.75 bits per heavy atom. The molecule has 1 fully saturated rings. The molecule has 0 aromatic carbocycles. The van der Waals surface area contributed by atoms with Gasteiger partial charge in [0.05, 0.1) is 18.8 Å². The number of ether oxygens (including phenoxy) is 2. The van der Waals surface area contributed by atoms with Crippen LogP contribution in [0.2, 0.25) is 0 Å². The molecule has 0 aromatic heterocycles. The van der Waals surface area contributed by atoms with E-state index >= 15 is 0 Å². The van der Waals surface area contributed by atoms with Crippen LogP contribution in [-0.2, 0) is 9.47 Å². The number of unbranched alkanes of at least 4 members (excludes halogenated alkanes) is 2. The molecule has 0 aromatic rings. The summed E-state index contributed by atoms with van der Waals surface area (Å²) >= 11 is 0. The molecular formula is C17H33BO2. The predicted octanol–water partition coefficient (Wildman–Crippen LogP) is 4.31. The van der Waals surface area contributed by atoms with Gasteiger partial charge in [0.2, 0.25) is 0 Å². The van der Waals surface area contributed by atoms with Crippen molar-refractivity contribution >= 4 is 7.85 Å². The Balaban J connectivity index is 2.58. The Labute approximate surface area is 127 Å². The average molecular weight is 280 g/mol. The molecule has 3 atom stereocenters. The summed E-state index contributed by atoms with van der Waals surface area (Å²) in [6.45, 7) is 9.40. The standard InChI is InChI=1S/C17H33BO2/c1-5-7-9-14(10-8-6-2)15-11-17(18)20-16(15)12-19-13(3)4/h13-17H,5-12H2,1-4H3/t15-,16?,17?/m0/s1. The van der Waals surface area contributed by atoms with E-state index in [1.54, 1.807) is 0 Å². The number of rotatable bonds is 10. The minimum atomic E-state index is -0.0912. The van der Waals surface area contributed by atoms with Gasteiger partial charge < -0.3 is 9.47 Å². The van der Waals surface area contributed by atoms with Gasteiger partial charge in [-0.25, -0.2) is 0 Å². The highest BCUT2D eigenvalue weighted by atomic mass is 16.5. The van der Waals surface area contributed by atoms with Crippen molar-refractivity contribution in [1.29, 1.82) is 0 Å². The van der Waals surface area contributed by atoms with Gasteiger partial charge in [-0.3, -0.25) is 0 Å². The van der Waals surface area contributed by atoms with E-state index in [-0.39, 0.29) is 18.2 Å². The molecule has 2 unspecified atom stereocenters. The van der Waals surface area contributed by atoms with Crippen molar-refractivity contribution < 1.29 is 9.47 Å². The average Bonchev–Trinajstić information content (AvgIpc) is 2.78. The van der Waals surface area contributed by atoms with Crippen LogP contribution in [0.15, 0.2) is 0 Å². The Morgan fingerprint density at radius 3 is 2.25 bits per heavy atom. The van der Waals surface area contributed by atoms with Gasteiger partial charge >= 0.3 is 0 Å². The molecule has 1 aliphatic heterocycles. The lowest BCUT2D eigenvalue weighted by atomic mass is 9.77. The molecular weight excluding hydrogens is 247 g/mol. The number of hydrogen-bond donors (Lipinski definition) is 0. The molecule has 1 saturated heterocycles. The first kappa shape index (κ1) is 18.0. The molecule has 0 spiro atoms. The lowest BCUT2D eigenvalue weighted by Crippen LogP contribution is -2.29. The summed E-state index contributed by atoms with van der Waals surface area (Å²) in [5.41, 5.74) is 0. The van der Waals surface area contributed by atoms with Crippen molar-refractivity contribution in [1.82, 2.24) is 0 Å². The first-order valence-corrected chi connectivity index (χ1v) is 8.61. The Kier molecular flexibility index (Phi) is 8.87. The Morgan fingerprint density at radius 1 is 1.15 bits per heavy atom. The van der Waals surface area contributed by atoms with Crippen LogP contribution in [-0.4, -0.2) is 32.7 Å². The maximum Gasteiger partial charge on any atom is 0.109 e. The first-order chi connectivity index (χ1) is 9.58. The molecule has 116 valence electrons. The highest BCUT2D eigenvalue weighted by Gasteiger charge is 2.37. The van der Waals surface area contributed by atoms with E-state index in [1.807, 2.05) is 0 Å². The molecule has 2 nitrogen and oxygen atoms in total. The van der Waals surface area contributed by atoms with Crippen LogP contribution in [0, 0.1) is 11.8 Å². The zero-order valence-electron chi connectivity index (χ0n) is 13.9. The third-order valence-electron chi connectivity index (χ3n) is 4.39.